The molecule has 0 spiro atoms. The lowest BCUT2D eigenvalue weighted by molar-refractivity contribution is 0.00897. The molecule has 0 aromatic carbocycles. The van der Waals surface area contributed by atoms with Crippen molar-refractivity contribution < 1.29 is 5.11 Å². The van der Waals surface area contributed by atoms with Gasteiger partial charge in [-0.05, 0) is 46.8 Å². The van der Waals surface area contributed by atoms with Gasteiger partial charge < -0.3 is 10.0 Å². The lowest BCUT2D eigenvalue weighted by Crippen LogP contribution is -2.32. The first-order valence-corrected chi connectivity index (χ1v) is 4.75. The van der Waals surface area contributed by atoms with Crippen LogP contribution in [0.5, 0.6) is 0 Å². The Morgan fingerprint density at radius 2 is 1.83 bits per heavy atom. The molecule has 0 bridgehead atoms. The van der Waals surface area contributed by atoms with Gasteiger partial charge in [0.05, 0.1) is 5.60 Å². The van der Waals surface area contributed by atoms with Crippen LogP contribution in [0.1, 0.15) is 33.6 Å². The lowest BCUT2D eigenvalue weighted by atomic mass is 9.86. The molecule has 0 saturated heterocycles. The molecule has 0 rings (SSSR count). The van der Waals surface area contributed by atoms with E-state index in [0.29, 0.717) is 5.92 Å². The molecular weight excluding hydrogens is 150 g/mol. The van der Waals surface area contributed by atoms with Crippen LogP contribution in [0.15, 0.2) is 0 Å². The van der Waals surface area contributed by atoms with Gasteiger partial charge in [0.25, 0.3) is 0 Å². The third-order valence-electron chi connectivity index (χ3n) is 2.42. The molecule has 0 aliphatic carbocycles. The maximum atomic E-state index is 9.77. The topological polar surface area (TPSA) is 23.5 Å². The summed E-state index contributed by atoms with van der Waals surface area (Å²) < 4.78 is 0. The molecule has 12 heavy (non-hydrogen) atoms. The van der Waals surface area contributed by atoms with Gasteiger partial charge in [0.15, 0.2) is 0 Å². The Hall–Kier alpha value is -0.0800. The van der Waals surface area contributed by atoms with Gasteiger partial charge in [-0.3, -0.25) is 0 Å². The van der Waals surface area contributed by atoms with Crippen molar-refractivity contribution in [2.45, 2.75) is 39.2 Å². The molecule has 2 nitrogen and oxygen atoms in total. The summed E-state index contributed by atoms with van der Waals surface area (Å²) in [7, 11) is 4.13. The van der Waals surface area contributed by atoms with E-state index >= 15 is 0 Å². The van der Waals surface area contributed by atoms with Crippen LogP contribution in [0, 0.1) is 5.92 Å². The molecule has 0 aliphatic rings. The molecule has 2 heteroatoms. The van der Waals surface area contributed by atoms with Crippen LogP contribution >= 0.6 is 0 Å². The van der Waals surface area contributed by atoms with Gasteiger partial charge in [-0.2, -0.15) is 0 Å². The first kappa shape index (κ1) is 11.9. The van der Waals surface area contributed by atoms with E-state index in [0.717, 1.165) is 19.4 Å². The quantitative estimate of drug-likeness (QED) is 0.684. The Labute approximate surface area is 76.6 Å². The minimum Gasteiger partial charge on any atom is -0.390 e. The predicted octanol–water partition coefficient (Wildman–Crippen LogP) is 1.74. The van der Waals surface area contributed by atoms with E-state index in [9.17, 15) is 5.11 Å². The van der Waals surface area contributed by atoms with Gasteiger partial charge in [0, 0.05) is 0 Å². The predicted molar refractivity (Wildman–Crippen MR) is 53.2 cm³/mol. The number of hydrogen-bond acceptors (Lipinski definition) is 2. The van der Waals surface area contributed by atoms with Gasteiger partial charge in [0.1, 0.15) is 0 Å². The second-order valence-corrected chi connectivity index (χ2v) is 4.35. The first-order chi connectivity index (χ1) is 5.38. The maximum Gasteiger partial charge on any atom is 0.0620 e. The molecular formula is C10H23NO. The standard InChI is InChI=1S/C10H23NO/c1-6-9(10(2,3)12)7-8-11(4)5/h9,12H,6-8H2,1-5H3. The molecule has 0 aromatic heterocycles. The van der Waals surface area contributed by atoms with Crippen LogP contribution in [0.4, 0.5) is 0 Å². The van der Waals surface area contributed by atoms with Crippen LogP contribution in [0.2, 0.25) is 0 Å². The second-order valence-electron chi connectivity index (χ2n) is 4.35. The third-order valence-corrected chi connectivity index (χ3v) is 2.42. The van der Waals surface area contributed by atoms with Gasteiger partial charge in [0.2, 0.25) is 0 Å². The Bertz CT molecular complexity index is 115. The van der Waals surface area contributed by atoms with E-state index in [1.807, 2.05) is 13.8 Å². The Balaban J connectivity index is 3.84. The van der Waals surface area contributed by atoms with Crippen molar-refractivity contribution in [3.8, 4) is 0 Å². The summed E-state index contributed by atoms with van der Waals surface area (Å²) in [6.07, 6.45) is 2.13. The molecule has 0 heterocycles. The summed E-state index contributed by atoms with van der Waals surface area (Å²) >= 11 is 0. The lowest BCUT2D eigenvalue weighted by Gasteiger charge is -2.29. The molecule has 1 atom stereocenters. The molecule has 74 valence electrons. The van der Waals surface area contributed by atoms with Gasteiger partial charge in [-0.25, -0.2) is 0 Å². The fraction of sp³-hybridized carbons (Fsp3) is 1.00. The summed E-state index contributed by atoms with van der Waals surface area (Å²) in [6, 6.07) is 0. The summed E-state index contributed by atoms with van der Waals surface area (Å²) in [6.45, 7) is 6.99. The Morgan fingerprint density at radius 3 is 2.08 bits per heavy atom. The molecule has 0 amide bonds. The van der Waals surface area contributed by atoms with Crippen LogP contribution in [-0.4, -0.2) is 36.2 Å². The normalized spacial score (nSPS) is 15.2. The van der Waals surface area contributed by atoms with Crippen LogP contribution < -0.4 is 0 Å². The highest BCUT2D eigenvalue weighted by molar-refractivity contribution is 4.76. The van der Waals surface area contributed by atoms with Gasteiger partial charge in [-0.15, -0.1) is 0 Å². The van der Waals surface area contributed by atoms with Crippen molar-refractivity contribution in [1.29, 1.82) is 0 Å². The minimum absolute atomic E-state index is 0.417. The Kier molecular flexibility index (Phi) is 4.80. The third kappa shape index (κ3) is 4.73. The van der Waals surface area contributed by atoms with Crippen molar-refractivity contribution >= 4 is 0 Å². The molecule has 1 unspecified atom stereocenters. The summed E-state index contributed by atoms with van der Waals surface area (Å²) in [5, 5.41) is 9.77. The summed E-state index contributed by atoms with van der Waals surface area (Å²) in [5.74, 6) is 0.417. The van der Waals surface area contributed by atoms with Crippen LogP contribution in [0.25, 0.3) is 0 Å². The highest BCUT2D eigenvalue weighted by Crippen LogP contribution is 2.23. The monoisotopic (exact) mass is 173 g/mol. The highest BCUT2D eigenvalue weighted by Gasteiger charge is 2.24. The van der Waals surface area contributed by atoms with E-state index in [2.05, 4.69) is 25.9 Å². The summed E-state index contributed by atoms with van der Waals surface area (Å²) in [5.41, 5.74) is -0.523. The van der Waals surface area contributed by atoms with Crippen molar-refractivity contribution in [2.24, 2.45) is 5.92 Å². The smallest absolute Gasteiger partial charge is 0.0620 e. The van der Waals surface area contributed by atoms with E-state index < -0.39 is 5.60 Å². The molecule has 0 aliphatic heterocycles. The van der Waals surface area contributed by atoms with Crippen LogP contribution in [0.3, 0.4) is 0 Å². The number of nitrogens with zero attached hydrogens (tertiary/aromatic N) is 1. The van der Waals surface area contributed by atoms with E-state index in [1.54, 1.807) is 0 Å². The second kappa shape index (κ2) is 4.83. The molecule has 0 aromatic rings. The zero-order valence-corrected chi connectivity index (χ0v) is 9.09. The molecule has 0 saturated carbocycles. The Morgan fingerprint density at radius 1 is 1.33 bits per heavy atom. The fourth-order valence-electron chi connectivity index (χ4n) is 1.47. The molecule has 1 N–H and O–H groups in total. The van der Waals surface area contributed by atoms with Gasteiger partial charge in [-0.1, -0.05) is 13.3 Å². The van der Waals surface area contributed by atoms with Crippen molar-refractivity contribution in [3.63, 3.8) is 0 Å². The zero-order valence-electron chi connectivity index (χ0n) is 9.09. The van der Waals surface area contributed by atoms with Crippen LogP contribution in [-0.2, 0) is 0 Å². The summed E-state index contributed by atoms with van der Waals surface area (Å²) in [4.78, 5) is 2.16. The number of aliphatic hydroxyl groups is 1. The highest BCUT2D eigenvalue weighted by atomic mass is 16.3. The van der Waals surface area contributed by atoms with E-state index in [1.165, 1.54) is 0 Å². The van der Waals surface area contributed by atoms with Gasteiger partial charge >= 0.3 is 0 Å². The molecule has 0 fully saturated rings. The van der Waals surface area contributed by atoms with Crippen molar-refractivity contribution in [2.75, 3.05) is 20.6 Å². The number of hydrogen-bond donors (Lipinski definition) is 1. The average Bonchev–Trinajstić information content (AvgIpc) is 1.85. The average molecular weight is 173 g/mol. The first-order valence-electron chi connectivity index (χ1n) is 4.75. The fourth-order valence-corrected chi connectivity index (χ4v) is 1.47. The maximum absolute atomic E-state index is 9.77. The zero-order chi connectivity index (χ0) is 9.78. The largest absolute Gasteiger partial charge is 0.390 e. The van der Waals surface area contributed by atoms with Crippen molar-refractivity contribution in [3.05, 3.63) is 0 Å². The van der Waals surface area contributed by atoms with E-state index in [4.69, 9.17) is 0 Å². The van der Waals surface area contributed by atoms with Crippen molar-refractivity contribution in [1.82, 2.24) is 4.90 Å². The molecule has 0 radical (unpaired) electrons. The van der Waals surface area contributed by atoms with E-state index in [-0.39, 0.29) is 0 Å². The number of rotatable bonds is 5. The SMILES string of the molecule is CCC(CCN(C)C)C(C)(C)O. The minimum atomic E-state index is -0.523.